The van der Waals surface area contributed by atoms with E-state index in [9.17, 15) is 0 Å². The van der Waals surface area contributed by atoms with Crippen LogP contribution < -0.4 is 0 Å². The molecule has 0 bridgehead atoms. The van der Waals surface area contributed by atoms with Gasteiger partial charge in [0.1, 0.15) is 17.0 Å². The van der Waals surface area contributed by atoms with Gasteiger partial charge in [-0.15, -0.1) is 0 Å². The molecule has 7 nitrogen and oxygen atoms in total. The summed E-state index contributed by atoms with van der Waals surface area (Å²) < 4.78 is 15.2. The molecular weight excluding hydrogens is 453 g/mol. The number of hydrogen-bond donors (Lipinski definition) is 2. The molecule has 2 N–H and O–H groups in total. The monoisotopic (exact) mass is 477 g/mol. The summed E-state index contributed by atoms with van der Waals surface area (Å²) in [6.45, 7) is 3.04. The predicted molar refractivity (Wildman–Crippen MR) is 138 cm³/mol. The van der Waals surface area contributed by atoms with Gasteiger partial charge < -0.3 is 4.98 Å². The summed E-state index contributed by atoms with van der Waals surface area (Å²) in [4.78, 5) is 19.6. The van der Waals surface area contributed by atoms with Crippen molar-refractivity contribution in [2.24, 2.45) is 0 Å². The number of rotatable bonds is 5. The molecule has 0 unspecified atom stereocenters. The Balaban J connectivity index is 1.30. The number of benzene rings is 1. The third kappa shape index (κ3) is 3.61. The Hall–Kier alpha value is -4.17. The number of pyridine rings is 2. The predicted octanol–water partition coefficient (Wildman–Crippen LogP) is 5.64. The first-order chi connectivity index (χ1) is 17.7. The second kappa shape index (κ2) is 8.49. The van der Waals surface area contributed by atoms with E-state index in [4.69, 9.17) is 4.98 Å². The van der Waals surface area contributed by atoms with Crippen molar-refractivity contribution < 1.29 is 4.39 Å². The van der Waals surface area contributed by atoms with E-state index in [1.165, 1.54) is 18.9 Å². The van der Waals surface area contributed by atoms with Gasteiger partial charge in [-0.2, -0.15) is 5.10 Å². The molecule has 1 saturated heterocycles. The highest BCUT2D eigenvalue weighted by Crippen LogP contribution is 2.34. The molecule has 5 aromatic rings. The van der Waals surface area contributed by atoms with Crippen LogP contribution in [0.15, 0.2) is 61.1 Å². The maximum Gasteiger partial charge on any atom is 0.159 e. The minimum atomic E-state index is -0.311. The van der Waals surface area contributed by atoms with Crippen molar-refractivity contribution in [2.45, 2.75) is 25.8 Å². The minimum absolute atomic E-state index is 0.311. The summed E-state index contributed by atoms with van der Waals surface area (Å²) in [7, 11) is 0. The van der Waals surface area contributed by atoms with Crippen molar-refractivity contribution in [1.29, 1.82) is 0 Å². The zero-order valence-corrected chi connectivity index (χ0v) is 19.6. The number of aromatic amines is 2. The number of nitrogens with zero attached hydrogens (tertiary/aromatic N) is 5. The Bertz CT molecular complexity index is 1670. The molecule has 4 aromatic heterocycles. The number of hydrogen-bond acceptors (Lipinski definition) is 5. The lowest BCUT2D eigenvalue weighted by Gasteiger charge is -2.15. The SMILES string of the molecule is Fc1cc2[nH]nc(-c3nc4c(C5=CCC=C5)nccc4[nH]3)c2cc1-c1cncc(CN2CCCC2)c1. The molecule has 0 saturated carbocycles. The topological polar surface area (TPSA) is 86.4 Å². The van der Waals surface area contributed by atoms with Crippen LogP contribution in [-0.2, 0) is 6.54 Å². The van der Waals surface area contributed by atoms with Gasteiger partial charge in [0, 0.05) is 47.7 Å². The molecule has 1 fully saturated rings. The van der Waals surface area contributed by atoms with Crippen LogP contribution >= 0.6 is 0 Å². The molecule has 1 aliphatic heterocycles. The smallest absolute Gasteiger partial charge is 0.159 e. The maximum atomic E-state index is 15.2. The van der Waals surface area contributed by atoms with Crippen LogP contribution in [-0.4, -0.2) is 48.1 Å². The number of likely N-dealkylation sites (tertiary alicyclic amines) is 1. The molecule has 178 valence electrons. The summed E-state index contributed by atoms with van der Waals surface area (Å²) in [6, 6.07) is 7.29. The average molecular weight is 478 g/mol. The summed E-state index contributed by atoms with van der Waals surface area (Å²) >= 11 is 0. The Morgan fingerprint density at radius 1 is 1.03 bits per heavy atom. The first-order valence-electron chi connectivity index (χ1n) is 12.3. The second-order valence-electron chi connectivity index (χ2n) is 9.45. The van der Waals surface area contributed by atoms with Crippen molar-refractivity contribution >= 4 is 27.5 Å². The summed E-state index contributed by atoms with van der Waals surface area (Å²) in [5.74, 6) is 0.306. The fourth-order valence-corrected chi connectivity index (χ4v) is 5.25. The van der Waals surface area contributed by atoms with Crippen LogP contribution in [0.5, 0.6) is 0 Å². The number of halogens is 1. The standard InChI is InChI=1S/C28H24FN7/c29-22-13-24-21(12-20(22)19-11-17(14-30-15-19)16-36-9-3-4-10-36)26(35-34-24)28-32-23-7-8-31-25(27(23)33-28)18-5-1-2-6-18/h1,5-8,11-15H,2-4,9-10,16H2,(H,32,33)(H,34,35). The number of aromatic nitrogens is 6. The number of nitrogens with one attached hydrogen (secondary N) is 2. The van der Waals surface area contributed by atoms with Gasteiger partial charge in [-0.3, -0.25) is 20.0 Å². The highest BCUT2D eigenvalue weighted by molar-refractivity contribution is 5.97. The van der Waals surface area contributed by atoms with Crippen molar-refractivity contribution in [3.8, 4) is 22.6 Å². The van der Waals surface area contributed by atoms with Gasteiger partial charge in [0.2, 0.25) is 0 Å². The van der Waals surface area contributed by atoms with Crippen molar-refractivity contribution in [1.82, 2.24) is 35.0 Å². The number of imidazole rings is 1. The molecule has 0 amide bonds. The lowest BCUT2D eigenvalue weighted by atomic mass is 10.0. The van der Waals surface area contributed by atoms with E-state index in [-0.39, 0.29) is 5.82 Å². The van der Waals surface area contributed by atoms with Crippen LogP contribution in [0.4, 0.5) is 4.39 Å². The Labute approximate surface area is 206 Å². The largest absolute Gasteiger partial charge is 0.336 e. The molecule has 36 heavy (non-hydrogen) atoms. The van der Waals surface area contributed by atoms with Crippen LogP contribution in [0.2, 0.25) is 0 Å². The third-order valence-corrected chi connectivity index (χ3v) is 7.03. The highest BCUT2D eigenvalue weighted by Gasteiger charge is 2.19. The van der Waals surface area contributed by atoms with E-state index in [2.05, 4.69) is 48.3 Å². The van der Waals surface area contributed by atoms with E-state index in [1.54, 1.807) is 12.4 Å². The molecule has 8 heteroatoms. The van der Waals surface area contributed by atoms with Gasteiger partial charge in [-0.05, 0) is 61.7 Å². The molecule has 7 rings (SSSR count). The lowest BCUT2D eigenvalue weighted by molar-refractivity contribution is 0.331. The molecule has 5 heterocycles. The first-order valence-corrected chi connectivity index (χ1v) is 12.3. The van der Waals surface area contributed by atoms with Gasteiger partial charge in [0.25, 0.3) is 0 Å². The summed E-state index contributed by atoms with van der Waals surface area (Å²) in [6.07, 6.45) is 15.1. The van der Waals surface area contributed by atoms with Crippen LogP contribution in [0, 0.1) is 5.82 Å². The number of fused-ring (bicyclic) bond motifs is 2. The Morgan fingerprint density at radius 2 is 1.94 bits per heavy atom. The van der Waals surface area contributed by atoms with E-state index < -0.39 is 0 Å². The van der Waals surface area contributed by atoms with Crippen LogP contribution in [0.25, 0.3) is 50.2 Å². The normalized spacial score (nSPS) is 16.0. The molecule has 0 radical (unpaired) electrons. The second-order valence-corrected chi connectivity index (χ2v) is 9.45. The third-order valence-electron chi connectivity index (χ3n) is 7.03. The Kier molecular flexibility index (Phi) is 4.99. The zero-order valence-electron chi connectivity index (χ0n) is 19.6. The van der Waals surface area contributed by atoms with Crippen molar-refractivity contribution in [2.75, 3.05) is 13.1 Å². The van der Waals surface area contributed by atoms with Gasteiger partial charge in [0.05, 0.1) is 16.7 Å². The van der Waals surface area contributed by atoms with Gasteiger partial charge in [-0.1, -0.05) is 18.2 Å². The maximum absolute atomic E-state index is 15.2. The van der Waals surface area contributed by atoms with Crippen LogP contribution in [0.3, 0.4) is 0 Å². The fourth-order valence-electron chi connectivity index (χ4n) is 5.25. The van der Waals surface area contributed by atoms with Gasteiger partial charge >= 0.3 is 0 Å². The van der Waals surface area contributed by atoms with E-state index in [0.29, 0.717) is 22.6 Å². The molecule has 2 aliphatic rings. The lowest BCUT2D eigenvalue weighted by Crippen LogP contribution is -2.18. The van der Waals surface area contributed by atoms with Crippen molar-refractivity contribution in [3.05, 3.63) is 78.2 Å². The van der Waals surface area contributed by atoms with Gasteiger partial charge in [0.15, 0.2) is 5.82 Å². The molecule has 0 atom stereocenters. The average Bonchev–Trinajstić information content (AvgIpc) is 3.70. The first kappa shape index (κ1) is 21.1. The molecule has 1 aromatic carbocycles. The van der Waals surface area contributed by atoms with E-state index in [1.807, 2.05) is 24.4 Å². The quantitative estimate of drug-likeness (QED) is 0.342. The number of allylic oxidation sites excluding steroid dienone is 4. The van der Waals surface area contributed by atoms with Crippen LogP contribution in [0.1, 0.15) is 30.5 Å². The minimum Gasteiger partial charge on any atom is -0.336 e. The van der Waals surface area contributed by atoms with Crippen molar-refractivity contribution in [3.63, 3.8) is 0 Å². The Morgan fingerprint density at radius 3 is 2.81 bits per heavy atom. The summed E-state index contributed by atoms with van der Waals surface area (Å²) in [5, 5.41) is 8.26. The summed E-state index contributed by atoms with van der Waals surface area (Å²) in [5.41, 5.74) is 7.20. The van der Waals surface area contributed by atoms with Gasteiger partial charge in [-0.25, -0.2) is 9.37 Å². The zero-order chi connectivity index (χ0) is 24.1. The molecule has 1 aliphatic carbocycles. The fraction of sp³-hybridized carbons (Fsp3) is 0.214. The van der Waals surface area contributed by atoms with E-state index >= 15 is 4.39 Å². The molecular formula is C28H24FN7. The highest BCUT2D eigenvalue weighted by atomic mass is 19.1. The number of H-pyrrole nitrogens is 2. The molecule has 0 spiro atoms. The van der Waals surface area contributed by atoms with E-state index in [0.717, 1.165) is 64.9 Å².